The molecule has 2 rings (SSSR count). The van der Waals surface area contributed by atoms with Crippen molar-refractivity contribution < 1.29 is 4.79 Å². The highest BCUT2D eigenvalue weighted by Crippen LogP contribution is 2.25. The van der Waals surface area contributed by atoms with E-state index in [4.69, 9.17) is 29.6 Å². The molecule has 0 saturated heterocycles. The average Bonchev–Trinajstić information content (AvgIpc) is 2.48. The Morgan fingerprint density at radius 2 is 1.95 bits per heavy atom. The number of nitrogens with zero attached hydrogens (tertiary/aromatic N) is 1. The molecular weight excluding hydrogens is 372 g/mol. The number of halogens is 2. The Hall–Kier alpha value is -1.43. The van der Waals surface area contributed by atoms with Gasteiger partial charge in [0.25, 0.3) is 5.91 Å². The number of hydrogen-bond donors (Lipinski definition) is 1. The van der Waals surface area contributed by atoms with Crippen LogP contribution in [0.3, 0.4) is 0 Å². The Balaban J connectivity index is 2.32. The number of nitrogens with two attached hydrogens (primary N) is 1. The molecule has 0 spiro atoms. The molecule has 0 atom stereocenters. The number of carbonyl (C=O) groups excluding carboxylic acids is 1. The number of rotatable bonds is 3. The van der Waals surface area contributed by atoms with Gasteiger partial charge in [0.2, 0.25) is 0 Å². The maximum Gasteiger partial charge on any atom is 0.258 e. The van der Waals surface area contributed by atoms with Crippen LogP contribution >= 0.6 is 39.7 Å². The van der Waals surface area contributed by atoms with Gasteiger partial charge in [0.1, 0.15) is 4.99 Å². The van der Waals surface area contributed by atoms with Crippen LogP contribution in [0.1, 0.15) is 15.9 Å². The average molecular weight is 384 g/mol. The molecule has 0 saturated carbocycles. The highest BCUT2D eigenvalue weighted by Gasteiger charge is 2.15. The number of carbonyl (C=O) groups is 1. The van der Waals surface area contributed by atoms with Crippen molar-refractivity contribution in [2.75, 3.05) is 11.9 Å². The summed E-state index contributed by atoms with van der Waals surface area (Å²) < 4.78 is 0.749. The van der Waals surface area contributed by atoms with Gasteiger partial charge in [-0.1, -0.05) is 36.0 Å². The summed E-state index contributed by atoms with van der Waals surface area (Å²) in [5, 5.41) is 0.492. The van der Waals surface area contributed by atoms with Gasteiger partial charge in [0.05, 0.1) is 5.02 Å². The third kappa shape index (κ3) is 3.61. The Labute approximate surface area is 141 Å². The molecule has 2 N–H and O–H groups in total. The van der Waals surface area contributed by atoms with Gasteiger partial charge in [0, 0.05) is 28.3 Å². The zero-order chi connectivity index (χ0) is 15.6. The molecule has 6 heteroatoms. The minimum atomic E-state index is -0.163. The number of thiocarbonyl (C=S) groups is 1. The summed E-state index contributed by atoms with van der Waals surface area (Å²) in [4.78, 5) is 14.3. The molecule has 1 amide bonds. The van der Waals surface area contributed by atoms with E-state index in [2.05, 4.69) is 15.9 Å². The van der Waals surface area contributed by atoms with E-state index < -0.39 is 0 Å². The number of amides is 1. The molecule has 108 valence electrons. The fourth-order valence-electron chi connectivity index (χ4n) is 1.81. The maximum atomic E-state index is 12.5. The van der Waals surface area contributed by atoms with Crippen LogP contribution < -0.4 is 10.6 Å². The fourth-order valence-corrected chi connectivity index (χ4v) is 2.36. The zero-order valence-corrected chi connectivity index (χ0v) is 14.3. The Morgan fingerprint density at radius 1 is 1.24 bits per heavy atom. The molecule has 0 aromatic heterocycles. The van der Waals surface area contributed by atoms with Gasteiger partial charge in [-0.05, 0) is 46.3 Å². The van der Waals surface area contributed by atoms with Gasteiger partial charge in [-0.3, -0.25) is 4.79 Å². The SMILES string of the molecule is CN(C(=O)c1ccc(Br)c(Cl)c1)c1cccc(C(N)=S)c1. The van der Waals surface area contributed by atoms with Crippen LogP contribution in [0.25, 0.3) is 0 Å². The lowest BCUT2D eigenvalue weighted by molar-refractivity contribution is 0.0993. The third-order valence-electron chi connectivity index (χ3n) is 2.99. The topological polar surface area (TPSA) is 46.3 Å². The maximum absolute atomic E-state index is 12.5. The van der Waals surface area contributed by atoms with Crippen molar-refractivity contribution in [1.29, 1.82) is 0 Å². The number of anilines is 1. The zero-order valence-electron chi connectivity index (χ0n) is 11.1. The van der Waals surface area contributed by atoms with E-state index in [1.807, 2.05) is 12.1 Å². The summed E-state index contributed by atoms with van der Waals surface area (Å²) in [7, 11) is 1.69. The molecule has 0 aliphatic carbocycles. The van der Waals surface area contributed by atoms with E-state index in [0.717, 1.165) is 10.0 Å². The van der Waals surface area contributed by atoms with Crippen molar-refractivity contribution in [2.24, 2.45) is 5.73 Å². The molecule has 0 heterocycles. The summed E-state index contributed by atoms with van der Waals surface area (Å²) in [5.74, 6) is -0.163. The van der Waals surface area contributed by atoms with E-state index in [1.54, 1.807) is 37.4 Å². The quantitative estimate of drug-likeness (QED) is 0.815. The number of benzene rings is 2. The van der Waals surface area contributed by atoms with Crippen LogP contribution in [0, 0.1) is 0 Å². The first-order valence-electron chi connectivity index (χ1n) is 6.03. The normalized spacial score (nSPS) is 10.2. The highest BCUT2D eigenvalue weighted by molar-refractivity contribution is 9.10. The lowest BCUT2D eigenvalue weighted by atomic mass is 10.1. The standard InChI is InChI=1S/C15H12BrClN2OS/c1-19(11-4-2-3-9(7-11)14(18)21)15(20)10-5-6-12(16)13(17)8-10/h2-8H,1H3,(H2,18,21). The Morgan fingerprint density at radius 3 is 2.57 bits per heavy atom. The number of hydrogen-bond acceptors (Lipinski definition) is 2. The van der Waals surface area contributed by atoms with Crippen LogP contribution in [0.2, 0.25) is 5.02 Å². The van der Waals surface area contributed by atoms with Crippen LogP contribution in [0.15, 0.2) is 46.9 Å². The largest absolute Gasteiger partial charge is 0.389 e. The monoisotopic (exact) mass is 382 g/mol. The first kappa shape index (κ1) is 15.9. The predicted octanol–water partition coefficient (Wildman–Crippen LogP) is 4.01. The Bertz CT molecular complexity index is 721. The minimum absolute atomic E-state index is 0.163. The minimum Gasteiger partial charge on any atom is -0.389 e. The first-order valence-corrected chi connectivity index (χ1v) is 7.61. The van der Waals surface area contributed by atoms with E-state index in [-0.39, 0.29) is 5.91 Å². The third-order valence-corrected chi connectivity index (χ3v) is 4.46. The molecule has 2 aromatic carbocycles. The van der Waals surface area contributed by atoms with Gasteiger partial charge in [-0.2, -0.15) is 0 Å². The van der Waals surface area contributed by atoms with Crippen LogP contribution in [0.5, 0.6) is 0 Å². The molecule has 0 radical (unpaired) electrons. The molecule has 0 aliphatic rings. The summed E-state index contributed by atoms with van der Waals surface area (Å²) in [6.07, 6.45) is 0. The van der Waals surface area contributed by atoms with Gasteiger partial charge in [0.15, 0.2) is 0 Å². The predicted molar refractivity (Wildman–Crippen MR) is 94.2 cm³/mol. The van der Waals surface area contributed by atoms with E-state index in [0.29, 0.717) is 21.3 Å². The van der Waals surface area contributed by atoms with Gasteiger partial charge >= 0.3 is 0 Å². The molecule has 0 aliphatic heterocycles. The second-order valence-corrected chi connectivity index (χ2v) is 6.11. The molecule has 3 nitrogen and oxygen atoms in total. The first-order chi connectivity index (χ1) is 9.90. The van der Waals surface area contributed by atoms with Crippen molar-refractivity contribution >= 4 is 56.3 Å². The second-order valence-electron chi connectivity index (χ2n) is 4.41. The molecule has 0 bridgehead atoms. The van der Waals surface area contributed by atoms with Gasteiger partial charge in [-0.15, -0.1) is 0 Å². The summed E-state index contributed by atoms with van der Waals surface area (Å²) in [5.41, 5.74) is 7.55. The van der Waals surface area contributed by atoms with E-state index in [1.165, 1.54) is 4.90 Å². The van der Waals surface area contributed by atoms with Crippen molar-refractivity contribution in [1.82, 2.24) is 0 Å². The lowest BCUT2D eigenvalue weighted by Crippen LogP contribution is -2.26. The second kappa shape index (κ2) is 6.56. The molecule has 21 heavy (non-hydrogen) atoms. The molecule has 0 unspecified atom stereocenters. The van der Waals surface area contributed by atoms with Crippen molar-refractivity contribution in [3.63, 3.8) is 0 Å². The summed E-state index contributed by atoms with van der Waals surface area (Å²) >= 11 is 14.3. The smallest absolute Gasteiger partial charge is 0.258 e. The Kier molecular flexibility index (Phi) is 4.98. The van der Waals surface area contributed by atoms with E-state index in [9.17, 15) is 4.79 Å². The summed E-state index contributed by atoms with van der Waals surface area (Å²) in [6.45, 7) is 0. The van der Waals surface area contributed by atoms with Crippen molar-refractivity contribution in [3.05, 3.63) is 63.1 Å². The van der Waals surface area contributed by atoms with Crippen molar-refractivity contribution in [3.8, 4) is 0 Å². The summed E-state index contributed by atoms with van der Waals surface area (Å²) in [6, 6.07) is 12.3. The molecule has 0 fully saturated rings. The fraction of sp³-hybridized carbons (Fsp3) is 0.0667. The van der Waals surface area contributed by atoms with Crippen LogP contribution in [0.4, 0.5) is 5.69 Å². The van der Waals surface area contributed by atoms with Gasteiger partial charge < -0.3 is 10.6 Å². The van der Waals surface area contributed by atoms with Crippen molar-refractivity contribution in [2.45, 2.75) is 0 Å². The van der Waals surface area contributed by atoms with Gasteiger partial charge in [-0.25, -0.2) is 0 Å². The lowest BCUT2D eigenvalue weighted by Gasteiger charge is -2.18. The van der Waals surface area contributed by atoms with Crippen LogP contribution in [-0.2, 0) is 0 Å². The van der Waals surface area contributed by atoms with E-state index >= 15 is 0 Å². The highest BCUT2D eigenvalue weighted by atomic mass is 79.9. The molecule has 2 aromatic rings. The van der Waals surface area contributed by atoms with Crippen LogP contribution in [-0.4, -0.2) is 17.9 Å². The molecular formula is C15H12BrClN2OS.